The van der Waals surface area contributed by atoms with E-state index in [-0.39, 0.29) is 31.5 Å². The molecule has 0 saturated carbocycles. The van der Waals surface area contributed by atoms with Gasteiger partial charge in [0.1, 0.15) is 16.4 Å². The van der Waals surface area contributed by atoms with Crippen LogP contribution in [-0.2, 0) is 19.9 Å². The second-order valence-corrected chi connectivity index (χ2v) is 11.7. The Kier molecular flexibility index (Phi) is 6.97. The van der Waals surface area contributed by atoms with E-state index in [0.29, 0.717) is 10.8 Å². The predicted octanol–water partition coefficient (Wildman–Crippen LogP) is 5.12. The summed E-state index contributed by atoms with van der Waals surface area (Å²) in [6, 6.07) is 12.8. The van der Waals surface area contributed by atoms with E-state index in [1.165, 1.54) is 68.6 Å². The Balaban J connectivity index is 2.21. The standard InChI is InChI=1S/C23H24ClNO6S2/c1-14(2)21-20(25-33(29,30)19-11-7-17(31-4)8-12-19)13-15(3)22(26)23(21)32(27,28)18-9-5-16(24)6-10-18/h5-14,25-26H,1-4H3. The van der Waals surface area contributed by atoms with Crippen LogP contribution in [-0.4, -0.2) is 29.1 Å². The topological polar surface area (TPSA) is 110 Å². The Morgan fingerprint density at radius 3 is 2.00 bits per heavy atom. The minimum absolute atomic E-state index is 0.0224. The zero-order valence-corrected chi connectivity index (χ0v) is 20.8. The molecule has 10 heteroatoms. The lowest BCUT2D eigenvalue weighted by atomic mass is 9.99. The van der Waals surface area contributed by atoms with E-state index < -0.39 is 31.5 Å². The summed E-state index contributed by atoms with van der Waals surface area (Å²) in [7, 11) is -6.78. The van der Waals surface area contributed by atoms with Crippen molar-refractivity contribution in [1.82, 2.24) is 0 Å². The van der Waals surface area contributed by atoms with Gasteiger partial charge in [0.2, 0.25) is 9.84 Å². The SMILES string of the molecule is COc1ccc(S(=O)(=O)Nc2cc(C)c(O)c(S(=O)(=O)c3ccc(Cl)cc3)c2C(C)C)cc1. The average molecular weight is 510 g/mol. The zero-order chi connectivity index (χ0) is 24.6. The quantitative estimate of drug-likeness (QED) is 0.428. The van der Waals surface area contributed by atoms with Crippen LogP contribution in [0.4, 0.5) is 5.69 Å². The minimum Gasteiger partial charge on any atom is -0.506 e. The number of sulfonamides is 1. The Morgan fingerprint density at radius 2 is 1.48 bits per heavy atom. The molecule has 3 aromatic rings. The van der Waals surface area contributed by atoms with Crippen molar-refractivity contribution in [1.29, 1.82) is 0 Å². The number of methoxy groups -OCH3 is 1. The van der Waals surface area contributed by atoms with E-state index in [0.717, 1.165) is 0 Å². The van der Waals surface area contributed by atoms with E-state index in [9.17, 15) is 21.9 Å². The number of rotatable bonds is 7. The fourth-order valence-corrected chi connectivity index (χ4v) is 6.39. The first-order valence-electron chi connectivity index (χ1n) is 9.92. The number of nitrogens with one attached hydrogen (secondary N) is 1. The highest BCUT2D eigenvalue weighted by molar-refractivity contribution is 7.93. The summed E-state index contributed by atoms with van der Waals surface area (Å²) in [4.78, 5) is -0.434. The van der Waals surface area contributed by atoms with E-state index in [1.807, 2.05) is 0 Å². The molecule has 0 heterocycles. The molecule has 176 valence electrons. The number of sulfone groups is 1. The Labute approximate surface area is 199 Å². The Morgan fingerprint density at radius 1 is 0.939 bits per heavy atom. The monoisotopic (exact) mass is 509 g/mol. The molecular formula is C23H24ClNO6S2. The molecule has 0 radical (unpaired) electrons. The zero-order valence-electron chi connectivity index (χ0n) is 18.5. The lowest BCUT2D eigenvalue weighted by molar-refractivity contribution is 0.414. The number of ether oxygens (including phenoxy) is 1. The number of halogens is 1. The highest BCUT2D eigenvalue weighted by Gasteiger charge is 2.31. The van der Waals surface area contributed by atoms with Gasteiger partial charge in [-0.25, -0.2) is 16.8 Å². The third-order valence-electron chi connectivity index (χ3n) is 5.07. The first-order chi connectivity index (χ1) is 15.4. The van der Waals surface area contributed by atoms with Crippen LogP contribution in [0.2, 0.25) is 5.02 Å². The second kappa shape index (κ2) is 9.24. The predicted molar refractivity (Wildman–Crippen MR) is 128 cm³/mol. The number of anilines is 1. The molecule has 0 atom stereocenters. The van der Waals surface area contributed by atoms with Crippen molar-refractivity contribution in [3.63, 3.8) is 0 Å². The molecule has 2 N–H and O–H groups in total. The molecule has 0 amide bonds. The van der Waals surface area contributed by atoms with Gasteiger partial charge in [0.05, 0.1) is 22.6 Å². The third kappa shape index (κ3) is 4.95. The lowest BCUT2D eigenvalue weighted by Crippen LogP contribution is -2.17. The van der Waals surface area contributed by atoms with Crippen LogP contribution >= 0.6 is 11.6 Å². The number of aromatic hydroxyl groups is 1. The number of hydrogen-bond acceptors (Lipinski definition) is 6. The summed E-state index contributed by atoms with van der Waals surface area (Å²) in [5.74, 6) is -0.378. The van der Waals surface area contributed by atoms with Crippen LogP contribution in [0.1, 0.15) is 30.9 Å². The molecule has 0 bridgehead atoms. The van der Waals surface area contributed by atoms with Gasteiger partial charge in [0, 0.05) is 10.6 Å². The number of hydrogen-bond donors (Lipinski definition) is 2. The second-order valence-electron chi connectivity index (χ2n) is 7.73. The highest BCUT2D eigenvalue weighted by Crippen LogP contribution is 2.42. The summed E-state index contributed by atoms with van der Waals surface area (Å²) in [5, 5.41) is 11.1. The molecule has 3 rings (SSSR count). The van der Waals surface area contributed by atoms with Gasteiger partial charge in [0.25, 0.3) is 10.0 Å². The van der Waals surface area contributed by atoms with E-state index in [1.54, 1.807) is 13.8 Å². The molecule has 0 aliphatic heterocycles. The van der Waals surface area contributed by atoms with Crippen molar-refractivity contribution >= 4 is 37.1 Å². The van der Waals surface area contributed by atoms with Gasteiger partial charge in [0.15, 0.2) is 0 Å². The third-order valence-corrected chi connectivity index (χ3v) is 8.55. The van der Waals surface area contributed by atoms with Crippen molar-refractivity contribution in [3.05, 3.63) is 70.7 Å². The first kappa shape index (κ1) is 24.9. The molecule has 0 saturated heterocycles. The van der Waals surface area contributed by atoms with Crippen LogP contribution in [0.5, 0.6) is 11.5 Å². The van der Waals surface area contributed by atoms with E-state index in [2.05, 4.69) is 4.72 Å². The summed E-state index contributed by atoms with van der Waals surface area (Å²) in [5.41, 5.74) is 0.438. The van der Waals surface area contributed by atoms with Crippen LogP contribution < -0.4 is 9.46 Å². The van der Waals surface area contributed by atoms with E-state index >= 15 is 0 Å². The van der Waals surface area contributed by atoms with Crippen LogP contribution in [0.15, 0.2) is 69.3 Å². The fourth-order valence-electron chi connectivity index (χ4n) is 3.41. The molecule has 33 heavy (non-hydrogen) atoms. The minimum atomic E-state index is -4.20. The van der Waals surface area contributed by atoms with Crippen molar-refractivity contribution in [2.45, 2.75) is 41.4 Å². The van der Waals surface area contributed by atoms with Crippen molar-refractivity contribution in [2.24, 2.45) is 0 Å². The van der Waals surface area contributed by atoms with Gasteiger partial charge in [-0.2, -0.15) is 0 Å². The average Bonchev–Trinajstić information content (AvgIpc) is 2.75. The van der Waals surface area contributed by atoms with Gasteiger partial charge in [-0.15, -0.1) is 0 Å². The van der Waals surface area contributed by atoms with Crippen molar-refractivity contribution in [2.75, 3.05) is 11.8 Å². The van der Waals surface area contributed by atoms with Crippen molar-refractivity contribution in [3.8, 4) is 11.5 Å². The number of phenolic OH excluding ortho intramolecular Hbond substituents is 1. The number of aryl methyl sites for hydroxylation is 1. The fraction of sp³-hybridized carbons (Fsp3) is 0.217. The van der Waals surface area contributed by atoms with Crippen molar-refractivity contribution < 1.29 is 26.7 Å². The summed E-state index contributed by atoms with van der Waals surface area (Å²) in [6.45, 7) is 4.94. The van der Waals surface area contributed by atoms with Gasteiger partial charge in [-0.05, 0) is 73.0 Å². The first-order valence-corrected chi connectivity index (χ1v) is 13.3. The molecule has 0 aliphatic carbocycles. The molecule has 0 fully saturated rings. The van der Waals surface area contributed by atoms with Crippen LogP contribution in [0.3, 0.4) is 0 Å². The van der Waals surface area contributed by atoms with Gasteiger partial charge in [-0.3, -0.25) is 4.72 Å². The molecule has 7 nitrogen and oxygen atoms in total. The van der Waals surface area contributed by atoms with Crippen LogP contribution in [0, 0.1) is 6.92 Å². The molecule has 0 aromatic heterocycles. The Hall–Kier alpha value is -2.75. The smallest absolute Gasteiger partial charge is 0.261 e. The largest absolute Gasteiger partial charge is 0.506 e. The van der Waals surface area contributed by atoms with Gasteiger partial charge >= 0.3 is 0 Å². The van der Waals surface area contributed by atoms with E-state index in [4.69, 9.17) is 16.3 Å². The highest BCUT2D eigenvalue weighted by atomic mass is 35.5. The molecule has 0 unspecified atom stereocenters. The maximum absolute atomic E-state index is 13.5. The maximum atomic E-state index is 13.5. The molecule has 0 spiro atoms. The molecule has 3 aromatic carbocycles. The molecular weight excluding hydrogens is 486 g/mol. The van der Waals surface area contributed by atoms with Crippen LogP contribution in [0.25, 0.3) is 0 Å². The summed E-state index contributed by atoms with van der Waals surface area (Å²) < 4.78 is 60.7. The van der Waals surface area contributed by atoms with Gasteiger partial charge in [-0.1, -0.05) is 25.4 Å². The summed E-state index contributed by atoms with van der Waals surface area (Å²) in [6.07, 6.45) is 0. The summed E-state index contributed by atoms with van der Waals surface area (Å²) >= 11 is 5.89. The normalized spacial score (nSPS) is 12.1. The number of phenols is 1. The molecule has 0 aliphatic rings. The maximum Gasteiger partial charge on any atom is 0.261 e. The Bertz CT molecular complexity index is 1380. The lowest BCUT2D eigenvalue weighted by Gasteiger charge is -2.22. The van der Waals surface area contributed by atoms with Gasteiger partial charge < -0.3 is 9.84 Å². The number of benzene rings is 3.